The van der Waals surface area contributed by atoms with E-state index in [-0.39, 0.29) is 0 Å². The van der Waals surface area contributed by atoms with Crippen molar-refractivity contribution in [2.75, 3.05) is 5.32 Å². The first-order valence-electron chi connectivity index (χ1n) is 10.9. The van der Waals surface area contributed by atoms with Crippen LogP contribution in [0.25, 0.3) is 33.7 Å². The molecule has 0 aliphatic rings. The van der Waals surface area contributed by atoms with Crippen molar-refractivity contribution < 1.29 is 9.15 Å². The van der Waals surface area contributed by atoms with Crippen molar-refractivity contribution in [2.45, 2.75) is 13.8 Å². The number of hydrogen-bond donors (Lipinski definition) is 1. The molecule has 10 heteroatoms. The molecule has 1 N–H and O–H groups in total. The van der Waals surface area contributed by atoms with Crippen molar-refractivity contribution >= 4 is 33.6 Å². The third-order valence-electron chi connectivity index (χ3n) is 5.58. The Bertz CT molecular complexity index is 1710. The number of aromatic nitrogens is 7. The van der Waals surface area contributed by atoms with E-state index in [1.165, 1.54) is 6.33 Å². The number of rotatable bonds is 5. The predicted molar refractivity (Wildman–Crippen MR) is 131 cm³/mol. The molecule has 35 heavy (non-hydrogen) atoms. The van der Waals surface area contributed by atoms with Gasteiger partial charge in [0.15, 0.2) is 23.3 Å². The minimum Gasteiger partial charge on any atom is -0.457 e. The fourth-order valence-corrected chi connectivity index (χ4v) is 3.81. The topological polar surface area (TPSA) is 117 Å². The molecule has 0 saturated heterocycles. The van der Waals surface area contributed by atoms with Crippen LogP contribution in [0.1, 0.15) is 11.5 Å². The van der Waals surface area contributed by atoms with Gasteiger partial charge in [0.2, 0.25) is 0 Å². The van der Waals surface area contributed by atoms with E-state index in [1.807, 2.05) is 54.9 Å². The zero-order chi connectivity index (χ0) is 23.9. The van der Waals surface area contributed by atoms with Crippen molar-refractivity contribution in [3.8, 4) is 23.1 Å². The fourth-order valence-electron chi connectivity index (χ4n) is 3.81. The lowest BCUT2D eigenvalue weighted by Gasteiger charge is -2.12. The maximum Gasteiger partial charge on any atom is 0.198 e. The zero-order valence-electron chi connectivity index (χ0n) is 19.2. The summed E-state index contributed by atoms with van der Waals surface area (Å²) >= 11 is 0. The van der Waals surface area contributed by atoms with Gasteiger partial charge in [-0.15, -0.1) is 0 Å². The molecule has 0 atom stereocenters. The third kappa shape index (κ3) is 3.90. The molecule has 0 spiro atoms. The summed E-state index contributed by atoms with van der Waals surface area (Å²) in [5, 5.41) is 3.33. The van der Waals surface area contributed by atoms with E-state index in [0.29, 0.717) is 34.3 Å². The van der Waals surface area contributed by atoms with Crippen molar-refractivity contribution in [1.82, 2.24) is 34.5 Å². The monoisotopic (exact) mass is 464 g/mol. The van der Waals surface area contributed by atoms with Gasteiger partial charge in [-0.25, -0.2) is 29.9 Å². The normalized spacial score (nSPS) is 11.3. The van der Waals surface area contributed by atoms with Crippen molar-refractivity contribution in [2.24, 2.45) is 7.05 Å². The smallest absolute Gasteiger partial charge is 0.198 e. The third-order valence-corrected chi connectivity index (χ3v) is 5.58. The SMILES string of the molecule is Cc1ncc(-c2ncc3ncnc(Nc4ccc(Oc5ccc6c(c5)ncn6C)c(C)c4)c3n2)o1. The summed E-state index contributed by atoms with van der Waals surface area (Å²) in [6, 6.07) is 11.7. The number of benzene rings is 2. The van der Waals surface area contributed by atoms with Gasteiger partial charge in [-0.05, 0) is 42.8 Å². The molecule has 4 heterocycles. The van der Waals surface area contributed by atoms with E-state index in [2.05, 4.69) is 35.2 Å². The molecule has 0 fully saturated rings. The molecule has 10 nitrogen and oxygen atoms in total. The van der Waals surface area contributed by atoms with E-state index in [4.69, 9.17) is 9.15 Å². The molecule has 0 aliphatic carbocycles. The van der Waals surface area contributed by atoms with Gasteiger partial charge in [0.05, 0.1) is 29.8 Å². The summed E-state index contributed by atoms with van der Waals surface area (Å²) in [7, 11) is 1.97. The lowest BCUT2D eigenvalue weighted by atomic mass is 10.2. The summed E-state index contributed by atoms with van der Waals surface area (Å²) in [6.45, 7) is 3.76. The number of oxazole rings is 1. The van der Waals surface area contributed by atoms with E-state index in [1.54, 1.807) is 25.6 Å². The van der Waals surface area contributed by atoms with Crippen LogP contribution in [-0.4, -0.2) is 34.5 Å². The van der Waals surface area contributed by atoms with Gasteiger partial charge in [-0.1, -0.05) is 0 Å². The molecule has 2 aromatic carbocycles. The van der Waals surface area contributed by atoms with Crippen LogP contribution in [0, 0.1) is 13.8 Å². The average Bonchev–Trinajstić information content (AvgIpc) is 3.46. The second kappa shape index (κ2) is 8.17. The minimum absolute atomic E-state index is 0.417. The number of anilines is 2. The number of ether oxygens (including phenoxy) is 1. The number of hydrogen-bond acceptors (Lipinski definition) is 9. The zero-order valence-corrected chi connectivity index (χ0v) is 19.2. The Labute approximate surface area is 199 Å². The number of fused-ring (bicyclic) bond motifs is 2. The van der Waals surface area contributed by atoms with Crippen LogP contribution >= 0.6 is 0 Å². The minimum atomic E-state index is 0.417. The molecule has 0 amide bonds. The van der Waals surface area contributed by atoms with Crippen molar-refractivity contribution in [3.05, 3.63) is 72.9 Å². The van der Waals surface area contributed by atoms with Crippen molar-refractivity contribution in [1.29, 1.82) is 0 Å². The summed E-state index contributed by atoms with van der Waals surface area (Å²) in [5.74, 6) is 3.49. The van der Waals surface area contributed by atoms with E-state index in [0.717, 1.165) is 33.8 Å². The second-order valence-corrected chi connectivity index (χ2v) is 8.11. The molecular weight excluding hydrogens is 444 g/mol. The molecule has 4 aromatic heterocycles. The van der Waals surface area contributed by atoms with Crippen LogP contribution < -0.4 is 10.1 Å². The first-order valence-corrected chi connectivity index (χ1v) is 10.9. The molecule has 0 saturated carbocycles. The highest BCUT2D eigenvalue weighted by Gasteiger charge is 2.13. The molecule has 6 aromatic rings. The molecule has 172 valence electrons. The lowest BCUT2D eigenvalue weighted by molar-refractivity contribution is 0.479. The largest absolute Gasteiger partial charge is 0.457 e. The van der Waals surface area contributed by atoms with Gasteiger partial charge in [-0.3, -0.25) is 0 Å². The molecular formula is C25H20N8O2. The molecule has 0 radical (unpaired) electrons. The van der Waals surface area contributed by atoms with Crippen LogP contribution in [0.5, 0.6) is 11.5 Å². The summed E-state index contributed by atoms with van der Waals surface area (Å²) in [5.41, 5.74) is 4.93. The molecule has 0 aliphatic heterocycles. The van der Waals surface area contributed by atoms with E-state index >= 15 is 0 Å². The maximum atomic E-state index is 6.13. The number of aryl methyl sites for hydroxylation is 3. The Morgan fingerprint density at radius 3 is 2.66 bits per heavy atom. The van der Waals surface area contributed by atoms with Crippen LogP contribution in [0.4, 0.5) is 11.5 Å². The van der Waals surface area contributed by atoms with Crippen LogP contribution in [-0.2, 0) is 7.05 Å². The number of nitrogens with one attached hydrogen (secondary N) is 1. The quantitative estimate of drug-likeness (QED) is 0.371. The summed E-state index contributed by atoms with van der Waals surface area (Å²) in [4.78, 5) is 26.1. The average molecular weight is 464 g/mol. The van der Waals surface area contributed by atoms with Gasteiger partial charge in [0, 0.05) is 25.7 Å². The van der Waals surface area contributed by atoms with Crippen molar-refractivity contribution in [3.63, 3.8) is 0 Å². The Kier molecular flexibility index (Phi) is 4.84. The van der Waals surface area contributed by atoms with E-state index < -0.39 is 0 Å². The molecule has 0 unspecified atom stereocenters. The highest BCUT2D eigenvalue weighted by atomic mass is 16.5. The number of imidazole rings is 1. The van der Waals surface area contributed by atoms with Crippen LogP contribution in [0.3, 0.4) is 0 Å². The summed E-state index contributed by atoms with van der Waals surface area (Å²) < 4.78 is 13.7. The second-order valence-electron chi connectivity index (χ2n) is 8.11. The Morgan fingerprint density at radius 1 is 0.914 bits per heavy atom. The first kappa shape index (κ1) is 20.7. The summed E-state index contributed by atoms with van der Waals surface area (Å²) in [6.07, 6.45) is 6.51. The van der Waals surface area contributed by atoms with Crippen LogP contribution in [0.15, 0.2) is 65.9 Å². The van der Waals surface area contributed by atoms with E-state index in [9.17, 15) is 0 Å². The highest BCUT2D eigenvalue weighted by Crippen LogP contribution is 2.31. The standard InChI is InChI=1S/C25H20N8O2/c1-14-8-16(4-7-21(14)35-17-5-6-20-18(9-17)30-13-33(20)3)31-25-23-19(28-12-29-25)10-27-24(32-23)22-11-26-15(2)34-22/h4-13H,1-3H3,(H,28,29,31). The van der Waals surface area contributed by atoms with Gasteiger partial charge < -0.3 is 19.0 Å². The fraction of sp³-hybridized carbons (Fsp3) is 0.120. The first-order chi connectivity index (χ1) is 17.0. The Hall–Kier alpha value is -4.86. The van der Waals surface area contributed by atoms with Gasteiger partial charge in [0.1, 0.15) is 28.9 Å². The number of nitrogens with zero attached hydrogens (tertiary/aromatic N) is 7. The van der Waals surface area contributed by atoms with Gasteiger partial charge in [0.25, 0.3) is 0 Å². The maximum absolute atomic E-state index is 6.13. The lowest BCUT2D eigenvalue weighted by Crippen LogP contribution is -2.00. The highest BCUT2D eigenvalue weighted by molar-refractivity contribution is 5.87. The van der Waals surface area contributed by atoms with Crippen LogP contribution in [0.2, 0.25) is 0 Å². The molecule has 0 bridgehead atoms. The van der Waals surface area contributed by atoms with Gasteiger partial charge >= 0.3 is 0 Å². The van der Waals surface area contributed by atoms with Gasteiger partial charge in [-0.2, -0.15) is 0 Å². The Morgan fingerprint density at radius 2 is 1.83 bits per heavy atom. The Balaban J connectivity index is 1.28. The predicted octanol–water partition coefficient (Wildman–Crippen LogP) is 5.11. The molecule has 6 rings (SSSR count).